The van der Waals surface area contributed by atoms with Crippen LogP contribution in [0, 0.1) is 12.8 Å². The Balaban J connectivity index is 1.91. The lowest BCUT2D eigenvalue weighted by molar-refractivity contribution is -0.116. The van der Waals surface area contributed by atoms with Crippen LogP contribution in [-0.2, 0) is 4.79 Å². The van der Waals surface area contributed by atoms with Gasteiger partial charge in [-0.2, -0.15) is 0 Å². The standard InChI is InChI=1S/C17H24N2O/c1-10-8-13(15(18)12-6-4-3-5-7-12)9-14-11(2)17(20)19-16(10)14/h8-9,11-12,15H,3-7,18H2,1-2H3,(H,19,20). The van der Waals surface area contributed by atoms with Crippen molar-refractivity contribution in [3.8, 4) is 0 Å². The lowest BCUT2D eigenvalue weighted by Gasteiger charge is -2.28. The highest BCUT2D eigenvalue weighted by Crippen LogP contribution is 2.39. The Labute approximate surface area is 120 Å². The maximum Gasteiger partial charge on any atom is 0.231 e. The minimum absolute atomic E-state index is 0.0535. The molecule has 108 valence electrons. The van der Waals surface area contributed by atoms with Gasteiger partial charge in [0.15, 0.2) is 0 Å². The van der Waals surface area contributed by atoms with Crippen molar-refractivity contribution in [2.45, 2.75) is 57.9 Å². The molecular weight excluding hydrogens is 248 g/mol. The van der Waals surface area contributed by atoms with Crippen molar-refractivity contribution in [2.24, 2.45) is 11.7 Å². The largest absolute Gasteiger partial charge is 0.325 e. The first-order valence-corrected chi connectivity index (χ1v) is 7.79. The van der Waals surface area contributed by atoms with E-state index in [1.807, 2.05) is 6.92 Å². The fraction of sp³-hybridized carbons (Fsp3) is 0.588. The van der Waals surface area contributed by atoms with Gasteiger partial charge in [-0.1, -0.05) is 31.4 Å². The van der Waals surface area contributed by atoms with Crippen LogP contribution in [0.4, 0.5) is 5.69 Å². The first-order valence-electron chi connectivity index (χ1n) is 7.79. The van der Waals surface area contributed by atoms with Crippen LogP contribution in [0.15, 0.2) is 12.1 Å². The number of carbonyl (C=O) groups is 1. The molecule has 3 nitrogen and oxygen atoms in total. The molecule has 2 unspecified atom stereocenters. The molecule has 0 spiro atoms. The number of aryl methyl sites for hydroxylation is 1. The average Bonchev–Trinajstić information content (AvgIpc) is 2.76. The van der Waals surface area contributed by atoms with Crippen molar-refractivity contribution >= 4 is 11.6 Å². The van der Waals surface area contributed by atoms with E-state index < -0.39 is 0 Å². The van der Waals surface area contributed by atoms with Crippen LogP contribution in [0.5, 0.6) is 0 Å². The van der Waals surface area contributed by atoms with E-state index in [0.717, 1.165) is 16.8 Å². The van der Waals surface area contributed by atoms with Gasteiger partial charge in [0.2, 0.25) is 5.91 Å². The van der Waals surface area contributed by atoms with Gasteiger partial charge < -0.3 is 11.1 Å². The van der Waals surface area contributed by atoms with Crippen LogP contribution in [0.3, 0.4) is 0 Å². The van der Waals surface area contributed by atoms with Crippen LogP contribution in [-0.4, -0.2) is 5.91 Å². The Morgan fingerprint density at radius 3 is 2.65 bits per heavy atom. The summed E-state index contributed by atoms with van der Waals surface area (Å²) in [4.78, 5) is 11.8. The maximum absolute atomic E-state index is 11.8. The van der Waals surface area contributed by atoms with E-state index in [4.69, 9.17) is 5.73 Å². The van der Waals surface area contributed by atoms with Crippen molar-refractivity contribution in [3.05, 3.63) is 28.8 Å². The Bertz CT molecular complexity index is 532. The van der Waals surface area contributed by atoms with E-state index in [1.165, 1.54) is 37.7 Å². The molecule has 1 aliphatic carbocycles. The van der Waals surface area contributed by atoms with Crippen LogP contribution in [0.2, 0.25) is 0 Å². The van der Waals surface area contributed by atoms with Gasteiger partial charge in [0.25, 0.3) is 0 Å². The lowest BCUT2D eigenvalue weighted by Crippen LogP contribution is -2.23. The van der Waals surface area contributed by atoms with Crippen molar-refractivity contribution in [1.82, 2.24) is 0 Å². The summed E-state index contributed by atoms with van der Waals surface area (Å²) in [6, 6.07) is 4.43. The van der Waals surface area contributed by atoms with E-state index in [-0.39, 0.29) is 17.9 Å². The fourth-order valence-electron chi connectivity index (χ4n) is 3.69. The predicted molar refractivity (Wildman–Crippen MR) is 81.7 cm³/mol. The maximum atomic E-state index is 11.8. The zero-order valence-corrected chi connectivity index (χ0v) is 12.4. The van der Waals surface area contributed by atoms with Crippen LogP contribution >= 0.6 is 0 Å². The first-order chi connectivity index (χ1) is 9.58. The lowest BCUT2D eigenvalue weighted by atomic mass is 9.80. The molecule has 3 N–H and O–H groups in total. The number of rotatable bonds is 2. The second kappa shape index (κ2) is 5.21. The summed E-state index contributed by atoms with van der Waals surface area (Å²) < 4.78 is 0. The zero-order chi connectivity index (χ0) is 14.3. The molecule has 0 bridgehead atoms. The summed E-state index contributed by atoms with van der Waals surface area (Å²) in [5.41, 5.74) is 11.0. The zero-order valence-electron chi connectivity index (χ0n) is 12.4. The normalized spacial score (nSPS) is 24.4. The SMILES string of the molecule is Cc1cc(C(N)C2CCCCC2)cc2c1NC(=O)C2C. The number of hydrogen-bond donors (Lipinski definition) is 2. The summed E-state index contributed by atoms with van der Waals surface area (Å²) in [5, 5.41) is 2.98. The molecule has 0 saturated heterocycles. The molecule has 1 amide bonds. The molecule has 2 atom stereocenters. The molecule has 1 aromatic carbocycles. The average molecular weight is 272 g/mol. The molecule has 1 aromatic rings. The van der Waals surface area contributed by atoms with Crippen LogP contribution in [0.1, 0.15) is 67.7 Å². The highest BCUT2D eigenvalue weighted by Gasteiger charge is 2.30. The fourth-order valence-corrected chi connectivity index (χ4v) is 3.69. The molecule has 20 heavy (non-hydrogen) atoms. The van der Waals surface area contributed by atoms with Crippen LogP contribution in [0.25, 0.3) is 0 Å². The number of fused-ring (bicyclic) bond motifs is 1. The topological polar surface area (TPSA) is 55.1 Å². The minimum atomic E-state index is -0.0535. The molecule has 3 heteroatoms. The van der Waals surface area contributed by atoms with Gasteiger partial charge in [-0.15, -0.1) is 0 Å². The van der Waals surface area contributed by atoms with Gasteiger partial charge in [-0.05, 0) is 49.3 Å². The molecule has 3 rings (SSSR count). The highest BCUT2D eigenvalue weighted by atomic mass is 16.2. The van der Waals surface area contributed by atoms with E-state index in [1.54, 1.807) is 0 Å². The van der Waals surface area contributed by atoms with Crippen molar-refractivity contribution in [3.63, 3.8) is 0 Å². The highest BCUT2D eigenvalue weighted by molar-refractivity contribution is 6.03. The molecule has 2 aliphatic rings. The third-order valence-corrected chi connectivity index (χ3v) is 5.04. The van der Waals surface area contributed by atoms with E-state index >= 15 is 0 Å². The monoisotopic (exact) mass is 272 g/mol. The van der Waals surface area contributed by atoms with Gasteiger partial charge in [0.05, 0.1) is 5.92 Å². The van der Waals surface area contributed by atoms with Gasteiger partial charge in [-0.3, -0.25) is 4.79 Å². The second-order valence-electron chi connectivity index (χ2n) is 6.44. The van der Waals surface area contributed by atoms with Gasteiger partial charge >= 0.3 is 0 Å². The second-order valence-corrected chi connectivity index (χ2v) is 6.44. The molecule has 0 radical (unpaired) electrons. The van der Waals surface area contributed by atoms with Crippen LogP contribution < -0.4 is 11.1 Å². The third-order valence-electron chi connectivity index (χ3n) is 5.04. The molecule has 1 aliphatic heterocycles. The Morgan fingerprint density at radius 2 is 1.95 bits per heavy atom. The summed E-state index contributed by atoms with van der Waals surface area (Å²) in [7, 11) is 0. The summed E-state index contributed by atoms with van der Waals surface area (Å²) in [6.45, 7) is 4.03. The number of amides is 1. The summed E-state index contributed by atoms with van der Waals surface area (Å²) >= 11 is 0. The van der Waals surface area contributed by atoms with Crippen molar-refractivity contribution < 1.29 is 4.79 Å². The van der Waals surface area contributed by atoms with Crippen molar-refractivity contribution in [1.29, 1.82) is 0 Å². The smallest absolute Gasteiger partial charge is 0.231 e. The first kappa shape index (κ1) is 13.6. The Morgan fingerprint density at radius 1 is 1.25 bits per heavy atom. The Kier molecular flexibility index (Phi) is 3.55. The van der Waals surface area contributed by atoms with E-state index in [2.05, 4.69) is 24.4 Å². The number of carbonyl (C=O) groups excluding carboxylic acids is 1. The van der Waals surface area contributed by atoms with Gasteiger partial charge in [0.1, 0.15) is 0 Å². The number of hydrogen-bond acceptors (Lipinski definition) is 2. The summed E-state index contributed by atoms with van der Waals surface area (Å²) in [6.07, 6.45) is 6.44. The van der Waals surface area contributed by atoms with Gasteiger partial charge in [-0.25, -0.2) is 0 Å². The Hall–Kier alpha value is -1.35. The molecule has 1 fully saturated rings. The predicted octanol–water partition coefficient (Wildman–Crippen LogP) is 3.63. The number of anilines is 1. The molecule has 1 heterocycles. The van der Waals surface area contributed by atoms with Crippen molar-refractivity contribution in [2.75, 3.05) is 5.32 Å². The van der Waals surface area contributed by atoms with E-state index in [9.17, 15) is 4.79 Å². The molecule has 0 aromatic heterocycles. The molecular formula is C17H24N2O. The quantitative estimate of drug-likeness (QED) is 0.863. The minimum Gasteiger partial charge on any atom is -0.325 e. The third kappa shape index (κ3) is 2.24. The molecule has 1 saturated carbocycles. The number of benzene rings is 1. The van der Waals surface area contributed by atoms with Gasteiger partial charge in [0, 0.05) is 11.7 Å². The number of nitrogens with one attached hydrogen (secondary N) is 1. The number of nitrogens with two attached hydrogens (primary N) is 1. The summed E-state index contributed by atoms with van der Waals surface area (Å²) in [5.74, 6) is 0.648. The van der Waals surface area contributed by atoms with E-state index in [0.29, 0.717) is 5.92 Å².